The summed E-state index contributed by atoms with van der Waals surface area (Å²) < 4.78 is 40.5. The van der Waals surface area contributed by atoms with Gasteiger partial charge in [-0.05, 0) is 0 Å². The van der Waals surface area contributed by atoms with Crippen molar-refractivity contribution in [2.75, 3.05) is 0 Å². The van der Waals surface area contributed by atoms with Crippen molar-refractivity contribution in [2.45, 2.75) is 0 Å². The van der Waals surface area contributed by atoms with Crippen molar-refractivity contribution in [1.29, 1.82) is 0 Å². The van der Waals surface area contributed by atoms with E-state index in [1.807, 2.05) is 0 Å². The van der Waals surface area contributed by atoms with Crippen LogP contribution in [0, 0.1) is 0 Å². The molecule has 0 radical (unpaired) electrons. The molecule has 0 fully saturated rings. The molecular weight excluding hydrogens is 270 g/mol. The third-order valence-electron chi connectivity index (χ3n) is 0. The van der Waals surface area contributed by atoms with Crippen LogP contribution < -0.4 is 0 Å². The summed E-state index contributed by atoms with van der Waals surface area (Å²) in [6.07, 6.45) is 0. The molecule has 0 aliphatic heterocycles. The summed E-state index contributed by atoms with van der Waals surface area (Å²) in [5, 5.41) is 0. The van der Waals surface area contributed by atoms with Crippen molar-refractivity contribution in [2.24, 2.45) is 0 Å². The van der Waals surface area contributed by atoms with Gasteiger partial charge in [0.25, 0.3) is 0 Å². The minimum atomic E-state index is -4.67. The van der Waals surface area contributed by atoms with E-state index in [9.17, 15) is 0 Å². The van der Waals surface area contributed by atoms with Crippen LogP contribution in [0.2, 0.25) is 0 Å². The normalized spacial score (nSPS) is 10.9. The summed E-state index contributed by atoms with van der Waals surface area (Å²) in [5.74, 6) is 0. The standard InChI is InChI=1S/H3O4P.H2O4S.H3O3P/c2*1-5(2,3)4;1-4(2)3/h(H3,1,2,3,4);(H2,1,2,3,4);1-3H. The molecular formula is H8O11P2S. The molecule has 0 aromatic carbocycles. The van der Waals surface area contributed by atoms with Crippen molar-refractivity contribution in [1.82, 2.24) is 0 Å². The van der Waals surface area contributed by atoms with E-state index in [2.05, 4.69) is 0 Å². The molecule has 11 nitrogen and oxygen atoms in total. The van der Waals surface area contributed by atoms with Gasteiger partial charge in [0.1, 0.15) is 0 Å². The Morgan fingerprint density at radius 3 is 0.929 bits per heavy atom. The molecule has 90 valence electrons. The zero-order chi connectivity index (χ0) is 12.6. The second-order valence-electron chi connectivity index (χ2n) is 1.23. The topological polar surface area (TPSA) is 213 Å². The molecule has 0 bridgehead atoms. The third kappa shape index (κ3) is 18600. The van der Waals surface area contributed by atoms with Crippen LogP contribution in [0.15, 0.2) is 0 Å². The number of hydrogen-bond acceptors (Lipinski definition) is 6. The average molecular weight is 278 g/mol. The Balaban J connectivity index is -0.000000131. The van der Waals surface area contributed by atoms with Gasteiger partial charge in [-0.25, -0.2) is 4.57 Å². The predicted molar refractivity (Wildman–Crippen MR) is 42.0 cm³/mol. The van der Waals surface area contributed by atoms with E-state index in [1.54, 1.807) is 0 Å². The highest BCUT2D eigenvalue weighted by Gasteiger charge is 2.00. The highest BCUT2D eigenvalue weighted by molar-refractivity contribution is 7.79. The van der Waals surface area contributed by atoms with Crippen LogP contribution in [-0.2, 0) is 15.0 Å². The molecule has 8 N–H and O–H groups in total. The zero-order valence-corrected chi connectivity index (χ0v) is 8.71. The van der Waals surface area contributed by atoms with E-state index in [-0.39, 0.29) is 0 Å². The van der Waals surface area contributed by atoms with E-state index >= 15 is 0 Å². The van der Waals surface area contributed by atoms with E-state index in [4.69, 9.17) is 51.4 Å². The van der Waals surface area contributed by atoms with Gasteiger partial charge < -0.3 is 29.4 Å². The Kier molecular flexibility index (Phi) is 12.1. The van der Waals surface area contributed by atoms with Gasteiger partial charge in [0.2, 0.25) is 0 Å². The van der Waals surface area contributed by atoms with E-state index in [0.29, 0.717) is 0 Å². The molecule has 0 saturated heterocycles. The summed E-state index contributed by atoms with van der Waals surface area (Å²) in [4.78, 5) is 43.3. The molecule has 0 aromatic heterocycles. The first-order valence-electron chi connectivity index (χ1n) is 2.08. The first-order chi connectivity index (χ1) is 5.73. The zero-order valence-electron chi connectivity index (χ0n) is 6.11. The van der Waals surface area contributed by atoms with Crippen molar-refractivity contribution in [3.8, 4) is 0 Å². The van der Waals surface area contributed by atoms with Crippen molar-refractivity contribution in [3.63, 3.8) is 0 Å². The SMILES string of the molecule is O=P(O)(O)O.O=S(=O)(O)O.OP(O)O. The molecule has 0 heterocycles. The van der Waals surface area contributed by atoms with Crippen LogP contribution in [0.3, 0.4) is 0 Å². The van der Waals surface area contributed by atoms with Crippen LogP contribution in [-0.4, -0.2) is 46.9 Å². The smallest absolute Gasteiger partial charge is 0.328 e. The minimum Gasteiger partial charge on any atom is -0.328 e. The number of hydrogen-bond donors (Lipinski definition) is 8. The Labute approximate surface area is 79.1 Å². The Bertz CT molecular complexity index is 223. The highest BCUT2D eigenvalue weighted by atomic mass is 32.3. The largest absolute Gasteiger partial charge is 0.466 e. The second kappa shape index (κ2) is 8.59. The first-order valence-corrected chi connectivity index (χ1v) is 6.24. The van der Waals surface area contributed by atoms with Crippen molar-refractivity contribution < 1.29 is 51.4 Å². The Hall–Kier alpha value is 0.290. The molecule has 0 spiro atoms. The Morgan fingerprint density at radius 1 is 0.929 bits per heavy atom. The molecule has 0 rings (SSSR count). The van der Waals surface area contributed by atoms with Gasteiger partial charge >= 0.3 is 26.8 Å². The maximum absolute atomic E-state index is 8.88. The number of rotatable bonds is 0. The highest BCUT2D eigenvalue weighted by Crippen LogP contribution is 2.25. The minimum absolute atomic E-state index is 2.62. The summed E-state index contributed by atoms with van der Waals surface area (Å²) in [5.41, 5.74) is 0. The van der Waals surface area contributed by atoms with E-state index in [1.165, 1.54) is 0 Å². The molecule has 0 aliphatic carbocycles. The Morgan fingerprint density at radius 2 is 0.929 bits per heavy atom. The maximum atomic E-state index is 8.88. The molecule has 14 heteroatoms. The molecule has 0 unspecified atom stereocenters. The third-order valence-corrected chi connectivity index (χ3v) is 0. The van der Waals surface area contributed by atoms with Crippen LogP contribution >= 0.6 is 16.4 Å². The van der Waals surface area contributed by atoms with E-state index in [0.717, 1.165) is 0 Å². The van der Waals surface area contributed by atoms with Crippen LogP contribution in [0.25, 0.3) is 0 Å². The maximum Gasteiger partial charge on any atom is 0.466 e. The quantitative estimate of drug-likeness (QED) is 0.173. The summed E-state index contributed by atoms with van der Waals surface area (Å²) >= 11 is 0. The molecule has 0 atom stereocenters. The summed E-state index contributed by atoms with van der Waals surface area (Å²) in [6.45, 7) is 0. The fraction of sp³-hybridized carbons (Fsp3) is 0. The van der Waals surface area contributed by atoms with Crippen LogP contribution in [0.4, 0.5) is 0 Å². The van der Waals surface area contributed by atoms with Gasteiger partial charge in [0, 0.05) is 0 Å². The monoisotopic (exact) mass is 278 g/mol. The first kappa shape index (κ1) is 19.8. The summed E-state index contributed by atoms with van der Waals surface area (Å²) in [7, 11) is -11.9. The van der Waals surface area contributed by atoms with Gasteiger partial charge in [0.15, 0.2) is 0 Å². The lowest BCUT2D eigenvalue weighted by Crippen LogP contribution is -1.89. The molecule has 0 aromatic rings. The molecule has 0 saturated carbocycles. The van der Waals surface area contributed by atoms with Crippen molar-refractivity contribution in [3.05, 3.63) is 0 Å². The van der Waals surface area contributed by atoms with Crippen LogP contribution in [0.5, 0.6) is 0 Å². The molecule has 0 amide bonds. The lowest BCUT2D eigenvalue weighted by Gasteiger charge is -1.82. The number of phosphoric acid groups is 1. The van der Waals surface area contributed by atoms with E-state index < -0.39 is 26.8 Å². The lowest BCUT2D eigenvalue weighted by molar-refractivity contribution is 0.275. The predicted octanol–water partition coefficient (Wildman–Crippen LogP) is -2.39. The van der Waals surface area contributed by atoms with Gasteiger partial charge in [-0.15, -0.1) is 0 Å². The fourth-order valence-electron chi connectivity index (χ4n) is 0. The van der Waals surface area contributed by atoms with Crippen molar-refractivity contribution >= 4 is 26.8 Å². The summed E-state index contributed by atoms with van der Waals surface area (Å²) in [6, 6.07) is 0. The average Bonchev–Trinajstić information content (AvgIpc) is 1.45. The second-order valence-corrected chi connectivity index (χ2v) is 3.69. The van der Waals surface area contributed by atoms with Gasteiger partial charge in [-0.3, -0.25) is 9.11 Å². The molecule has 14 heavy (non-hydrogen) atoms. The van der Waals surface area contributed by atoms with Gasteiger partial charge in [-0.1, -0.05) is 0 Å². The van der Waals surface area contributed by atoms with Gasteiger partial charge in [0.05, 0.1) is 0 Å². The van der Waals surface area contributed by atoms with Crippen LogP contribution in [0.1, 0.15) is 0 Å². The lowest BCUT2D eigenvalue weighted by atomic mass is 15.8. The van der Waals surface area contributed by atoms with Gasteiger partial charge in [-0.2, -0.15) is 8.42 Å². The molecule has 0 aliphatic rings. The fourth-order valence-corrected chi connectivity index (χ4v) is 0.